The molecule has 90 valence electrons. The minimum atomic E-state index is -0.506. The van der Waals surface area contributed by atoms with E-state index in [0.717, 1.165) is 26.0 Å². The van der Waals surface area contributed by atoms with Gasteiger partial charge in [0.15, 0.2) is 5.69 Å². The Kier molecular flexibility index (Phi) is 4.78. The molecule has 0 spiro atoms. The summed E-state index contributed by atoms with van der Waals surface area (Å²) in [4.78, 5) is 15.1. The van der Waals surface area contributed by atoms with Crippen molar-refractivity contribution in [2.24, 2.45) is 0 Å². The van der Waals surface area contributed by atoms with Crippen molar-refractivity contribution in [2.75, 3.05) is 26.6 Å². The van der Waals surface area contributed by atoms with E-state index in [1.165, 1.54) is 7.11 Å². The number of esters is 1. The molecule has 0 aliphatic heterocycles. The van der Waals surface area contributed by atoms with Crippen molar-refractivity contribution in [2.45, 2.75) is 19.4 Å². The van der Waals surface area contributed by atoms with E-state index in [2.05, 4.69) is 9.72 Å². The first-order valence-electron chi connectivity index (χ1n) is 5.08. The van der Waals surface area contributed by atoms with Crippen LogP contribution in [0.1, 0.15) is 23.3 Å². The van der Waals surface area contributed by atoms with Crippen LogP contribution in [-0.2, 0) is 16.0 Å². The maximum atomic E-state index is 11.2. The number of hydrogen-bond donors (Lipinski definition) is 1. The Balaban J connectivity index is 2.55. The van der Waals surface area contributed by atoms with Gasteiger partial charge in [0, 0.05) is 20.3 Å². The van der Waals surface area contributed by atoms with Crippen LogP contribution in [0.5, 0.6) is 0 Å². The standard InChI is InChI=1S/C10H17N3O3/c1-15-6-4-3-5-13-7-12-8(9(13)11)10(14)16-2/h7H,3-6,11H2,1-2H3. The molecule has 1 heterocycles. The molecule has 1 aromatic heterocycles. The molecular weight excluding hydrogens is 210 g/mol. The number of hydrogen-bond acceptors (Lipinski definition) is 5. The van der Waals surface area contributed by atoms with Crippen LogP contribution >= 0.6 is 0 Å². The Morgan fingerprint density at radius 2 is 2.25 bits per heavy atom. The number of nitrogen functional groups attached to an aromatic ring is 1. The predicted molar refractivity (Wildman–Crippen MR) is 59.1 cm³/mol. The van der Waals surface area contributed by atoms with Gasteiger partial charge in [-0.05, 0) is 12.8 Å². The summed E-state index contributed by atoms with van der Waals surface area (Å²) < 4.78 is 11.2. The number of imidazole rings is 1. The molecule has 0 radical (unpaired) electrons. The van der Waals surface area contributed by atoms with E-state index >= 15 is 0 Å². The van der Waals surface area contributed by atoms with Gasteiger partial charge in [0.1, 0.15) is 5.82 Å². The van der Waals surface area contributed by atoms with Gasteiger partial charge in [0.05, 0.1) is 13.4 Å². The van der Waals surface area contributed by atoms with Crippen molar-refractivity contribution in [3.8, 4) is 0 Å². The van der Waals surface area contributed by atoms with Gasteiger partial charge in [0.2, 0.25) is 0 Å². The van der Waals surface area contributed by atoms with Gasteiger partial charge in [0.25, 0.3) is 0 Å². The number of rotatable bonds is 6. The summed E-state index contributed by atoms with van der Waals surface area (Å²) in [6, 6.07) is 0. The molecule has 0 fully saturated rings. The molecule has 1 aromatic rings. The normalized spacial score (nSPS) is 10.4. The minimum absolute atomic E-state index is 0.175. The molecule has 16 heavy (non-hydrogen) atoms. The van der Waals surface area contributed by atoms with E-state index in [1.54, 1.807) is 18.0 Å². The Morgan fingerprint density at radius 1 is 1.50 bits per heavy atom. The predicted octanol–water partition coefficient (Wildman–Crippen LogP) is 0.679. The monoisotopic (exact) mass is 227 g/mol. The quantitative estimate of drug-likeness (QED) is 0.571. The van der Waals surface area contributed by atoms with Crippen LogP contribution in [0.15, 0.2) is 6.33 Å². The third-order valence-electron chi connectivity index (χ3n) is 2.25. The zero-order valence-electron chi connectivity index (χ0n) is 9.60. The average molecular weight is 227 g/mol. The molecule has 0 saturated heterocycles. The highest BCUT2D eigenvalue weighted by Gasteiger charge is 2.15. The molecular formula is C10H17N3O3. The zero-order chi connectivity index (χ0) is 12.0. The average Bonchev–Trinajstić information content (AvgIpc) is 2.65. The Labute approximate surface area is 94.4 Å². The molecule has 0 atom stereocenters. The summed E-state index contributed by atoms with van der Waals surface area (Å²) in [5, 5.41) is 0. The number of aromatic nitrogens is 2. The maximum absolute atomic E-state index is 11.2. The first-order chi connectivity index (χ1) is 7.70. The molecule has 0 bridgehead atoms. The number of nitrogens with zero attached hydrogens (tertiary/aromatic N) is 2. The molecule has 1 rings (SSSR count). The van der Waals surface area contributed by atoms with Crippen molar-refractivity contribution in [1.29, 1.82) is 0 Å². The number of ether oxygens (including phenoxy) is 2. The molecule has 6 nitrogen and oxygen atoms in total. The lowest BCUT2D eigenvalue weighted by atomic mass is 10.3. The highest BCUT2D eigenvalue weighted by Crippen LogP contribution is 2.12. The van der Waals surface area contributed by atoms with E-state index < -0.39 is 5.97 Å². The summed E-state index contributed by atoms with van der Waals surface area (Å²) in [5.74, 6) is -0.155. The minimum Gasteiger partial charge on any atom is -0.464 e. The van der Waals surface area contributed by atoms with Gasteiger partial charge in [-0.3, -0.25) is 0 Å². The molecule has 0 unspecified atom stereocenters. The highest BCUT2D eigenvalue weighted by molar-refractivity contribution is 5.91. The molecule has 0 saturated carbocycles. The number of carbonyl (C=O) groups is 1. The summed E-state index contributed by atoms with van der Waals surface area (Å²) >= 11 is 0. The smallest absolute Gasteiger partial charge is 0.360 e. The third-order valence-corrected chi connectivity index (χ3v) is 2.25. The number of methoxy groups -OCH3 is 2. The number of aryl methyl sites for hydroxylation is 1. The number of nitrogens with two attached hydrogens (primary N) is 1. The van der Waals surface area contributed by atoms with Crippen molar-refractivity contribution in [3.63, 3.8) is 0 Å². The molecule has 0 aliphatic rings. The Morgan fingerprint density at radius 3 is 2.88 bits per heavy atom. The van der Waals surface area contributed by atoms with E-state index in [4.69, 9.17) is 10.5 Å². The van der Waals surface area contributed by atoms with Crippen molar-refractivity contribution >= 4 is 11.8 Å². The summed E-state index contributed by atoms with van der Waals surface area (Å²) in [6.07, 6.45) is 3.42. The summed E-state index contributed by atoms with van der Waals surface area (Å²) in [6.45, 7) is 1.44. The zero-order valence-corrected chi connectivity index (χ0v) is 9.60. The molecule has 0 aliphatic carbocycles. The van der Waals surface area contributed by atoms with Crippen LogP contribution in [0.25, 0.3) is 0 Å². The van der Waals surface area contributed by atoms with Crippen molar-refractivity contribution in [3.05, 3.63) is 12.0 Å². The second-order valence-electron chi connectivity index (χ2n) is 3.36. The second kappa shape index (κ2) is 6.12. The molecule has 0 aromatic carbocycles. The topological polar surface area (TPSA) is 79.4 Å². The van der Waals surface area contributed by atoms with Gasteiger partial charge in [-0.1, -0.05) is 0 Å². The third kappa shape index (κ3) is 2.96. The first kappa shape index (κ1) is 12.5. The highest BCUT2D eigenvalue weighted by atomic mass is 16.5. The van der Waals surface area contributed by atoms with Crippen LogP contribution in [-0.4, -0.2) is 36.3 Å². The second-order valence-corrected chi connectivity index (χ2v) is 3.36. The lowest BCUT2D eigenvalue weighted by Crippen LogP contribution is -2.08. The summed E-state index contributed by atoms with van der Waals surface area (Å²) in [5.41, 5.74) is 5.94. The fraction of sp³-hybridized carbons (Fsp3) is 0.600. The largest absolute Gasteiger partial charge is 0.464 e. The lowest BCUT2D eigenvalue weighted by molar-refractivity contribution is 0.0596. The van der Waals surface area contributed by atoms with Gasteiger partial charge in [-0.2, -0.15) is 0 Å². The SMILES string of the molecule is COCCCCn1cnc(C(=O)OC)c1N. The van der Waals surface area contributed by atoms with E-state index in [1.807, 2.05) is 0 Å². The fourth-order valence-corrected chi connectivity index (χ4v) is 1.35. The van der Waals surface area contributed by atoms with Crippen LogP contribution < -0.4 is 5.73 Å². The lowest BCUT2D eigenvalue weighted by Gasteiger charge is -2.04. The maximum Gasteiger partial charge on any atom is 0.360 e. The molecule has 6 heteroatoms. The van der Waals surface area contributed by atoms with Gasteiger partial charge in [-0.25, -0.2) is 9.78 Å². The van der Waals surface area contributed by atoms with Crippen molar-refractivity contribution in [1.82, 2.24) is 9.55 Å². The van der Waals surface area contributed by atoms with Gasteiger partial charge >= 0.3 is 5.97 Å². The molecule has 0 amide bonds. The summed E-state index contributed by atoms with van der Waals surface area (Å²) in [7, 11) is 2.97. The Bertz CT molecular complexity index is 349. The van der Waals surface area contributed by atoms with Crippen LogP contribution in [0.4, 0.5) is 5.82 Å². The van der Waals surface area contributed by atoms with Crippen LogP contribution in [0, 0.1) is 0 Å². The fourth-order valence-electron chi connectivity index (χ4n) is 1.35. The molecule has 2 N–H and O–H groups in total. The van der Waals surface area contributed by atoms with Crippen molar-refractivity contribution < 1.29 is 14.3 Å². The van der Waals surface area contributed by atoms with E-state index in [-0.39, 0.29) is 5.69 Å². The van der Waals surface area contributed by atoms with Crippen LogP contribution in [0.2, 0.25) is 0 Å². The first-order valence-corrected chi connectivity index (χ1v) is 5.08. The van der Waals surface area contributed by atoms with Crippen LogP contribution in [0.3, 0.4) is 0 Å². The van der Waals surface area contributed by atoms with E-state index in [9.17, 15) is 4.79 Å². The number of unbranched alkanes of at least 4 members (excludes halogenated alkanes) is 1. The number of carbonyl (C=O) groups excluding carboxylic acids is 1. The number of anilines is 1. The Hall–Kier alpha value is -1.56. The van der Waals surface area contributed by atoms with Gasteiger partial charge < -0.3 is 19.8 Å². The van der Waals surface area contributed by atoms with E-state index in [0.29, 0.717) is 5.82 Å². The van der Waals surface area contributed by atoms with Gasteiger partial charge in [-0.15, -0.1) is 0 Å².